The molecule has 1 aromatic carbocycles. The molecule has 1 rings (SSSR count). The Bertz CT molecular complexity index is 446. The van der Waals surface area contributed by atoms with Crippen molar-refractivity contribution in [3.8, 4) is 0 Å². The maximum atomic E-state index is 12.3. The van der Waals surface area contributed by atoms with Crippen molar-refractivity contribution in [1.29, 1.82) is 0 Å². The van der Waals surface area contributed by atoms with Crippen molar-refractivity contribution in [3.63, 3.8) is 0 Å². The molecule has 0 aliphatic rings. The van der Waals surface area contributed by atoms with E-state index in [-0.39, 0.29) is 5.25 Å². The summed E-state index contributed by atoms with van der Waals surface area (Å²) in [6, 6.07) is 7.15. The number of hydrogen-bond donors (Lipinski definition) is 0. The summed E-state index contributed by atoms with van der Waals surface area (Å²) in [6.45, 7) is 5.94. The minimum absolute atomic E-state index is 0.280. The summed E-state index contributed by atoms with van der Waals surface area (Å²) in [4.78, 5) is 0.455. The highest BCUT2D eigenvalue weighted by atomic mass is 32.2. The molecule has 102 valence electrons. The summed E-state index contributed by atoms with van der Waals surface area (Å²) in [5, 5.41) is -0.280. The maximum Gasteiger partial charge on any atom is 0.180 e. The normalized spacial score (nSPS) is 13.5. The van der Waals surface area contributed by atoms with Gasteiger partial charge >= 0.3 is 0 Å². The minimum atomic E-state index is -3.14. The lowest BCUT2D eigenvalue weighted by Gasteiger charge is -2.13. The zero-order chi connectivity index (χ0) is 13.6. The Balaban J connectivity index is 2.65. The highest BCUT2D eigenvalue weighted by Crippen LogP contribution is 2.20. The van der Waals surface area contributed by atoms with Gasteiger partial charge in [-0.25, -0.2) is 8.42 Å². The number of unbranched alkanes of at least 4 members (excludes halogenated alkanes) is 3. The molecule has 1 atom stereocenters. The lowest BCUT2D eigenvalue weighted by molar-refractivity contribution is 0.563. The molecule has 18 heavy (non-hydrogen) atoms. The quantitative estimate of drug-likeness (QED) is 0.697. The van der Waals surface area contributed by atoms with E-state index >= 15 is 0 Å². The first-order chi connectivity index (χ1) is 8.48. The fourth-order valence-electron chi connectivity index (χ4n) is 1.97. The smallest absolute Gasteiger partial charge is 0.180 e. The molecule has 2 nitrogen and oxygen atoms in total. The fraction of sp³-hybridized carbons (Fsp3) is 0.600. The number of rotatable bonds is 7. The van der Waals surface area contributed by atoms with Crippen LogP contribution < -0.4 is 0 Å². The van der Waals surface area contributed by atoms with E-state index in [0.717, 1.165) is 24.8 Å². The molecule has 0 saturated heterocycles. The monoisotopic (exact) mass is 268 g/mol. The third-order valence-corrected chi connectivity index (χ3v) is 5.57. The molecule has 0 unspecified atom stereocenters. The largest absolute Gasteiger partial charge is 0.223 e. The number of benzene rings is 1. The Morgan fingerprint density at radius 1 is 1.06 bits per heavy atom. The van der Waals surface area contributed by atoms with Gasteiger partial charge in [-0.05, 0) is 32.4 Å². The van der Waals surface area contributed by atoms with E-state index in [2.05, 4.69) is 6.92 Å². The van der Waals surface area contributed by atoms with Crippen molar-refractivity contribution in [1.82, 2.24) is 0 Å². The molecule has 0 saturated carbocycles. The molecular weight excluding hydrogens is 244 g/mol. The highest BCUT2D eigenvalue weighted by Gasteiger charge is 2.22. The van der Waals surface area contributed by atoms with Crippen LogP contribution in [0.3, 0.4) is 0 Å². The number of hydrogen-bond acceptors (Lipinski definition) is 2. The summed E-state index contributed by atoms with van der Waals surface area (Å²) >= 11 is 0. The van der Waals surface area contributed by atoms with Gasteiger partial charge in [0.05, 0.1) is 10.1 Å². The van der Waals surface area contributed by atoms with Gasteiger partial charge < -0.3 is 0 Å². The molecule has 0 heterocycles. The predicted octanol–water partition coefficient (Wildman–Crippen LogP) is 4.13. The first-order valence-corrected chi connectivity index (χ1v) is 8.33. The molecule has 0 N–H and O–H groups in total. The summed E-state index contributed by atoms with van der Waals surface area (Å²) in [7, 11) is -3.14. The zero-order valence-corrected chi connectivity index (χ0v) is 12.5. The van der Waals surface area contributed by atoms with Crippen molar-refractivity contribution in [2.75, 3.05) is 0 Å². The van der Waals surface area contributed by atoms with Gasteiger partial charge in [0.2, 0.25) is 0 Å². The average molecular weight is 268 g/mol. The molecule has 0 fully saturated rings. The van der Waals surface area contributed by atoms with Gasteiger partial charge in [0.15, 0.2) is 9.84 Å². The topological polar surface area (TPSA) is 34.1 Å². The SMILES string of the molecule is CCCCCC[C@@H](C)S(=O)(=O)c1ccc(C)cc1. The van der Waals surface area contributed by atoms with Crippen LogP contribution in [0.2, 0.25) is 0 Å². The molecule has 0 bridgehead atoms. The van der Waals surface area contributed by atoms with Crippen LogP contribution in [0.5, 0.6) is 0 Å². The van der Waals surface area contributed by atoms with E-state index in [0.29, 0.717) is 4.90 Å². The lowest BCUT2D eigenvalue weighted by Crippen LogP contribution is -2.17. The summed E-state index contributed by atoms with van der Waals surface area (Å²) in [5.41, 5.74) is 1.09. The Morgan fingerprint density at radius 3 is 2.22 bits per heavy atom. The number of sulfone groups is 1. The van der Waals surface area contributed by atoms with Gasteiger partial charge in [-0.1, -0.05) is 50.3 Å². The van der Waals surface area contributed by atoms with Crippen LogP contribution in [-0.2, 0) is 9.84 Å². The molecule has 0 aliphatic heterocycles. The molecule has 0 radical (unpaired) electrons. The predicted molar refractivity (Wildman–Crippen MR) is 76.6 cm³/mol. The second-order valence-corrected chi connectivity index (χ2v) is 7.38. The van der Waals surface area contributed by atoms with Crippen molar-refractivity contribution in [3.05, 3.63) is 29.8 Å². The lowest BCUT2D eigenvalue weighted by atomic mass is 10.1. The Kier molecular flexibility index (Phi) is 5.86. The zero-order valence-electron chi connectivity index (χ0n) is 11.6. The van der Waals surface area contributed by atoms with E-state index in [9.17, 15) is 8.42 Å². The van der Waals surface area contributed by atoms with Crippen molar-refractivity contribution < 1.29 is 8.42 Å². The van der Waals surface area contributed by atoms with Gasteiger partial charge in [-0.15, -0.1) is 0 Å². The van der Waals surface area contributed by atoms with Gasteiger partial charge in [0.25, 0.3) is 0 Å². The summed E-state index contributed by atoms with van der Waals surface area (Å²) in [6.07, 6.45) is 5.26. The molecule has 1 aromatic rings. The molecule has 0 spiro atoms. The van der Waals surface area contributed by atoms with E-state index in [1.807, 2.05) is 26.0 Å². The Hall–Kier alpha value is -0.830. The van der Waals surface area contributed by atoms with Crippen LogP contribution in [0.1, 0.15) is 51.5 Å². The highest BCUT2D eigenvalue weighted by molar-refractivity contribution is 7.92. The van der Waals surface area contributed by atoms with E-state index in [1.165, 1.54) is 12.8 Å². The van der Waals surface area contributed by atoms with E-state index < -0.39 is 9.84 Å². The third kappa shape index (κ3) is 4.13. The maximum absolute atomic E-state index is 12.3. The van der Waals surface area contributed by atoms with E-state index in [1.54, 1.807) is 12.1 Å². The van der Waals surface area contributed by atoms with Crippen molar-refractivity contribution in [2.45, 2.75) is 63.0 Å². The van der Waals surface area contributed by atoms with Crippen LogP contribution in [0.4, 0.5) is 0 Å². The summed E-state index contributed by atoms with van der Waals surface area (Å²) in [5.74, 6) is 0. The van der Waals surface area contributed by atoms with E-state index in [4.69, 9.17) is 0 Å². The average Bonchev–Trinajstić information content (AvgIpc) is 2.35. The van der Waals surface area contributed by atoms with Crippen LogP contribution in [-0.4, -0.2) is 13.7 Å². The first kappa shape index (κ1) is 15.2. The van der Waals surface area contributed by atoms with Crippen molar-refractivity contribution in [2.24, 2.45) is 0 Å². The molecular formula is C15H24O2S. The van der Waals surface area contributed by atoms with Gasteiger partial charge in [0.1, 0.15) is 0 Å². The van der Waals surface area contributed by atoms with Gasteiger partial charge in [-0.3, -0.25) is 0 Å². The molecule has 0 aliphatic carbocycles. The van der Waals surface area contributed by atoms with Gasteiger partial charge in [-0.2, -0.15) is 0 Å². The second kappa shape index (κ2) is 6.93. The third-order valence-electron chi connectivity index (χ3n) is 3.34. The molecule has 3 heteroatoms. The second-order valence-electron chi connectivity index (χ2n) is 5.02. The van der Waals surface area contributed by atoms with Crippen LogP contribution in [0, 0.1) is 6.92 Å². The van der Waals surface area contributed by atoms with Crippen LogP contribution in [0.25, 0.3) is 0 Å². The summed E-state index contributed by atoms with van der Waals surface area (Å²) < 4.78 is 24.6. The van der Waals surface area contributed by atoms with Gasteiger partial charge in [0, 0.05) is 0 Å². The minimum Gasteiger partial charge on any atom is -0.223 e. The fourth-order valence-corrected chi connectivity index (χ4v) is 3.43. The molecule has 0 aromatic heterocycles. The molecule has 0 amide bonds. The van der Waals surface area contributed by atoms with Crippen LogP contribution >= 0.6 is 0 Å². The Morgan fingerprint density at radius 2 is 1.67 bits per heavy atom. The Labute approximate surface area is 111 Å². The van der Waals surface area contributed by atoms with Crippen LogP contribution in [0.15, 0.2) is 29.2 Å². The standard InChI is InChI=1S/C15H24O2S/c1-4-5-6-7-8-14(3)18(16,17)15-11-9-13(2)10-12-15/h9-12,14H,4-8H2,1-3H3/t14-/m1/s1. The first-order valence-electron chi connectivity index (χ1n) is 6.79. The number of aryl methyl sites for hydroxylation is 1. The van der Waals surface area contributed by atoms with Crippen molar-refractivity contribution >= 4 is 9.84 Å².